The summed E-state index contributed by atoms with van der Waals surface area (Å²) in [6.45, 7) is 4.21. The zero-order valence-electron chi connectivity index (χ0n) is 10.0. The normalized spacial score (nSPS) is 14.7. The van der Waals surface area contributed by atoms with Crippen LogP contribution in [0.3, 0.4) is 0 Å². The maximum absolute atomic E-state index is 10.6. The van der Waals surface area contributed by atoms with Crippen molar-refractivity contribution in [3.8, 4) is 11.5 Å². The van der Waals surface area contributed by atoms with Crippen LogP contribution in [0.4, 0.5) is 0 Å². The van der Waals surface area contributed by atoms with Crippen molar-refractivity contribution in [1.29, 1.82) is 0 Å². The Balaban J connectivity index is 2.13. The highest BCUT2D eigenvalue weighted by Gasteiger charge is 2.17. The van der Waals surface area contributed by atoms with Gasteiger partial charge in [-0.1, -0.05) is 6.92 Å². The Hall–Kier alpha value is -1.71. The van der Waals surface area contributed by atoms with Gasteiger partial charge < -0.3 is 14.6 Å². The fourth-order valence-electron chi connectivity index (χ4n) is 2.05. The quantitative estimate of drug-likeness (QED) is 0.872. The zero-order chi connectivity index (χ0) is 12.4. The molecule has 1 atom stereocenters. The van der Waals surface area contributed by atoms with E-state index in [0.29, 0.717) is 0 Å². The van der Waals surface area contributed by atoms with Crippen LogP contribution >= 0.6 is 0 Å². The number of rotatable bonds is 4. The molecule has 4 heteroatoms. The number of carboxylic acid groups (broad SMARTS) is 1. The summed E-state index contributed by atoms with van der Waals surface area (Å²) in [6.07, 6.45) is 0.933. The molecule has 0 aromatic heterocycles. The number of benzene rings is 1. The smallest absolute Gasteiger partial charge is 0.303 e. The zero-order valence-corrected chi connectivity index (χ0v) is 10.0. The first-order valence-corrected chi connectivity index (χ1v) is 5.67. The molecule has 1 unspecified atom stereocenters. The van der Waals surface area contributed by atoms with E-state index in [4.69, 9.17) is 14.6 Å². The van der Waals surface area contributed by atoms with Crippen LogP contribution in [0.2, 0.25) is 0 Å². The first-order chi connectivity index (χ1) is 8.06. The molecule has 1 aromatic rings. The molecular weight excluding hydrogens is 220 g/mol. The highest BCUT2D eigenvalue weighted by atomic mass is 16.7. The summed E-state index contributed by atoms with van der Waals surface area (Å²) in [5.74, 6) is 0.896. The third-order valence-corrected chi connectivity index (χ3v) is 2.92. The molecular formula is C13H16O4. The average Bonchev–Trinajstić information content (AvgIpc) is 2.63. The SMILES string of the molecule is Cc1cc2c(cc1CC(C)CC(=O)O)OCO2. The van der Waals surface area contributed by atoms with Gasteiger partial charge >= 0.3 is 5.97 Å². The van der Waals surface area contributed by atoms with E-state index in [0.717, 1.165) is 29.0 Å². The molecule has 1 aromatic carbocycles. The summed E-state index contributed by atoms with van der Waals surface area (Å²) in [4.78, 5) is 10.6. The van der Waals surface area contributed by atoms with E-state index in [1.165, 1.54) is 0 Å². The Morgan fingerprint density at radius 1 is 1.41 bits per heavy atom. The van der Waals surface area contributed by atoms with Crippen molar-refractivity contribution in [2.75, 3.05) is 6.79 Å². The van der Waals surface area contributed by atoms with Crippen LogP contribution in [0.25, 0.3) is 0 Å². The van der Waals surface area contributed by atoms with Crippen LogP contribution < -0.4 is 9.47 Å². The van der Waals surface area contributed by atoms with Gasteiger partial charge in [-0.2, -0.15) is 0 Å². The highest BCUT2D eigenvalue weighted by Crippen LogP contribution is 2.35. The Kier molecular flexibility index (Phi) is 3.22. The largest absolute Gasteiger partial charge is 0.481 e. The van der Waals surface area contributed by atoms with Crippen LogP contribution in [0.5, 0.6) is 11.5 Å². The molecule has 0 spiro atoms. The Bertz CT molecular complexity index is 439. The van der Waals surface area contributed by atoms with Crippen LogP contribution in [0.1, 0.15) is 24.5 Å². The van der Waals surface area contributed by atoms with Gasteiger partial charge in [0.2, 0.25) is 6.79 Å². The summed E-state index contributed by atoms with van der Waals surface area (Å²) >= 11 is 0. The van der Waals surface area contributed by atoms with E-state index >= 15 is 0 Å². The van der Waals surface area contributed by atoms with E-state index in [2.05, 4.69) is 0 Å². The highest BCUT2D eigenvalue weighted by molar-refractivity contribution is 5.67. The van der Waals surface area contributed by atoms with Crippen molar-refractivity contribution in [1.82, 2.24) is 0 Å². The minimum absolute atomic E-state index is 0.117. The van der Waals surface area contributed by atoms with Gasteiger partial charge in [0.25, 0.3) is 0 Å². The lowest BCUT2D eigenvalue weighted by molar-refractivity contribution is -0.137. The van der Waals surface area contributed by atoms with Crippen molar-refractivity contribution < 1.29 is 19.4 Å². The molecule has 0 radical (unpaired) electrons. The van der Waals surface area contributed by atoms with Gasteiger partial charge in [0.05, 0.1) is 0 Å². The van der Waals surface area contributed by atoms with Gasteiger partial charge in [0.15, 0.2) is 11.5 Å². The van der Waals surface area contributed by atoms with E-state index in [1.807, 2.05) is 26.0 Å². The topological polar surface area (TPSA) is 55.8 Å². The molecule has 17 heavy (non-hydrogen) atoms. The lowest BCUT2D eigenvalue weighted by Gasteiger charge is -2.12. The van der Waals surface area contributed by atoms with E-state index in [1.54, 1.807) is 0 Å². The van der Waals surface area contributed by atoms with Gasteiger partial charge in [0, 0.05) is 6.42 Å². The molecule has 0 saturated carbocycles. The first-order valence-electron chi connectivity index (χ1n) is 5.67. The molecule has 4 nitrogen and oxygen atoms in total. The Morgan fingerprint density at radius 3 is 2.71 bits per heavy atom. The van der Waals surface area contributed by atoms with E-state index in [9.17, 15) is 4.79 Å². The van der Waals surface area contributed by atoms with Crippen LogP contribution in [0, 0.1) is 12.8 Å². The molecule has 1 N–H and O–H groups in total. The molecule has 1 heterocycles. The lowest BCUT2D eigenvalue weighted by Crippen LogP contribution is -2.07. The second-order valence-corrected chi connectivity index (χ2v) is 4.54. The molecule has 92 valence electrons. The number of hydrogen-bond donors (Lipinski definition) is 1. The molecule has 0 bridgehead atoms. The summed E-state index contributed by atoms with van der Waals surface area (Å²) in [5, 5.41) is 8.74. The fraction of sp³-hybridized carbons (Fsp3) is 0.462. The van der Waals surface area contributed by atoms with Crippen molar-refractivity contribution in [3.05, 3.63) is 23.3 Å². The molecule has 0 fully saturated rings. The van der Waals surface area contributed by atoms with Crippen LogP contribution in [-0.2, 0) is 11.2 Å². The third-order valence-electron chi connectivity index (χ3n) is 2.92. The molecule has 1 aliphatic rings. The second kappa shape index (κ2) is 4.65. The summed E-state index contributed by atoms with van der Waals surface area (Å²) < 4.78 is 10.6. The predicted octanol–water partition coefficient (Wildman–Crippen LogP) is 2.38. The van der Waals surface area contributed by atoms with Gasteiger partial charge in [-0.25, -0.2) is 0 Å². The van der Waals surface area contributed by atoms with Gasteiger partial charge in [0.1, 0.15) is 0 Å². The number of aliphatic carboxylic acids is 1. The van der Waals surface area contributed by atoms with Gasteiger partial charge in [-0.3, -0.25) is 4.79 Å². The number of aryl methyl sites for hydroxylation is 1. The maximum atomic E-state index is 10.6. The summed E-state index contributed by atoms with van der Waals surface area (Å²) in [5.41, 5.74) is 2.24. The second-order valence-electron chi connectivity index (χ2n) is 4.54. The summed E-state index contributed by atoms with van der Waals surface area (Å²) in [7, 11) is 0. The van der Waals surface area contributed by atoms with Gasteiger partial charge in [-0.15, -0.1) is 0 Å². The summed E-state index contributed by atoms with van der Waals surface area (Å²) in [6, 6.07) is 3.90. The van der Waals surface area contributed by atoms with Gasteiger partial charge in [-0.05, 0) is 42.5 Å². The molecule has 0 amide bonds. The van der Waals surface area contributed by atoms with E-state index < -0.39 is 5.97 Å². The van der Waals surface area contributed by atoms with E-state index in [-0.39, 0.29) is 19.1 Å². The monoisotopic (exact) mass is 236 g/mol. The Labute approximate surface area is 100 Å². The lowest BCUT2D eigenvalue weighted by atomic mass is 9.95. The predicted molar refractivity (Wildman–Crippen MR) is 62.4 cm³/mol. The number of carbonyl (C=O) groups is 1. The fourth-order valence-corrected chi connectivity index (χ4v) is 2.05. The Morgan fingerprint density at radius 2 is 2.06 bits per heavy atom. The van der Waals surface area contributed by atoms with Crippen molar-refractivity contribution in [2.45, 2.75) is 26.7 Å². The maximum Gasteiger partial charge on any atom is 0.303 e. The molecule has 0 aliphatic carbocycles. The third kappa shape index (κ3) is 2.70. The minimum atomic E-state index is -0.754. The van der Waals surface area contributed by atoms with Crippen LogP contribution in [0.15, 0.2) is 12.1 Å². The number of ether oxygens (including phenoxy) is 2. The first kappa shape index (κ1) is 11.8. The molecule has 1 aliphatic heterocycles. The average molecular weight is 236 g/mol. The van der Waals surface area contributed by atoms with Crippen molar-refractivity contribution in [2.24, 2.45) is 5.92 Å². The molecule has 2 rings (SSSR count). The van der Waals surface area contributed by atoms with Crippen molar-refractivity contribution in [3.63, 3.8) is 0 Å². The van der Waals surface area contributed by atoms with Crippen LogP contribution in [-0.4, -0.2) is 17.9 Å². The molecule has 0 saturated heterocycles. The number of fused-ring (bicyclic) bond motifs is 1. The number of hydrogen-bond acceptors (Lipinski definition) is 3. The standard InChI is InChI=1S/C13H16O4/c1-8(4-13(14)15)3-10-6-12-11(5-9(10)2)16-7-17-12/h5-6,8H,3-4,7H2,1-2H3,(H,14,15). The minimum Gasteiger partial charge on any atom is -0.481 e. The number of carboxylic acids is 1. The van der Waals surface area contributed by atoms with Crippen molar-refractivity contribution >= 4 is 5.97 Å².